The summed E-state index contributed by atoms with van der Waals surface area (Å²) in [6, 6.07) is 9.43. The summed E-state index contributed by atoms with van der Waals surface area (Å²) in [7, 11) is -1.62. The molecule has 0 saturated carbocycles. The first-order valence-corrected chi connectivity index (χ1v) is 7.56. The second-order valence-electron chi connectivity index (χ2n) is 4.82. The third-order valence-corrected chi connectivity index (χ3v) is 5.45. The van der Waals surface area contributed by atoms with Crippen molar-refractivity contribution < 1.29 is 9.69 Å². The second-order valence-corrected chi connectivity index (χ2v) is 6.41. The SMILES string of the molecule is CC1=CC(C)=C(C=O)C(C)/C1=[P+](\[O-])c1ccccc1. The number of allylic oxidation sites excluding steroid dienone is 4. The van der Waals surface area contributed by atoms with Gasteiger partial charge in [-0.25, -0.2) is 0 Å². The smallest absolute Gasteiger partial charge is 0.147 e. The molecule has 1 aliphatic rings. The quantitative estimate of drug-likeness (QED) is 0.612. The summed E-state index contributed by atoms with van der Waals surface area (Å²) in [4.78, 5) is 23.9. The molecule has 0 aliphatic heterocycles. The number of carbonyl (C=O) groups excluding carboxylic acids is 1. The molecule has 2 nitrogen and oxygen atoms in total. The molecule has 3 heteroatoms. The zero-order chi connectivity index (χ0) is 14.0. The molecule has 0 N–H and O–H groups in total. The number of aldehydes is 1. The van der Waals surface area contributed by atoms with Gasteiger partial charge in [0.05, 0.1) is 7.77 Å². The molecular weight excluding hydrogens is 255 g/mol. The lowest BCUT2D eigenvalue weighted by Gasteiger charge is -2.21. The summed E-state index contributed by atoms with van der Waals surface area (Å²) in [6.45, 7) is 5.85. The van der Waals surface area contributed by atoms with Crippen molar-refractivity contribution in [2.45, 2.75) is 20.8 Å². The largest absolute Gasteiger partial charge is 0.626 e. The van der Waals surface area contributed by atoms with Crippen LogP contribution < -0.4 is 10.2 Å². The van der Waals surface area contributed by atoms with E-state index in [9.17, 15) is 9.69 Å². The van der Waals surface area contributed by atoms with Gasteiger partial charge in [0.15, 0.2) is 0 Å². The van der Waals surface area contributed by atoms with Gasteiger partial charge in [0.2, 0.25) is 0 Å². The molecule has 2 unspecified atom stereocenters. The van der Waals surface area contributed by atoms with Crippen molar-refractivity contribution in [3.05, 3.63) is 53.1 Å². The normalized spacial score (nSPS) is 22.1. The highest BCUT2D eigenvalue weighted by atomic mass is 31.1. The van der Waals surface area contributed by atoms with E-state index in [0.29, 0.717) is 0 Å². The molecule has 0 saturated heterocycles. The average molecular weight is 272 g/mol. The van der Waals surface area contributed by atoms with Gasteiger partial charge in [0.1, 0.15) is 16.9 Å². The fourth-order valence-electron chi connectivity index (χ4n) is 2.55. The molecule has 1 aliphatic carbocycles. The predicted molar refractivity (Wildman–Crippen MR) is 79.7 cm³/mol. The predicted octanol–water partition coefficient (Wildman–Crippen LogP) is 2.35. The van der Waals surface area contributed by atoms with Crippen molar-refractivity contribution in [3.63, 3.8) is 0 Å². The first-order chi connectivity index (χ1) is 9.06. The number of carbonyl (C=O) groups is 1. The van der Waals surface area contributed by atoms with Crippen LogP contribution in [-0.4, -0.2) is 11.6 Å². The molecule has 2 rings (SSSR count). The van der Waals surface area contributed by atoms with Crippen molar-refractivity contribution in [2.24, 2.45) is 5.92 Å². The van der Waals surface area contributed by atoms with E-state index in [1.54, 1.807) is 0 Å². The minimum atomic E-state index is -1.62. The summed E-state index contributed by atoms with van der Waals surface area (Å²) in [5.74, 6) is -0.0775. The van der Waals surface area contributed by atoms with Gasteiger partial charge in [-0.15, -0.1) is 0 Å². The van der Waals surface area contributed by atoms with E-state index in [2.05, 4.69) is 0 Å². The number of rotatable bonds is 2. The molecule has 2 atom stereocenters. The zero-order valence-electron chi connectivity index (χ0n) is 11.4. The van der Waals surface area contributed by atoms with Gasteiger partial charge < -0.3 is 4.89 Å². The lowest BCUT2D eigenvalue weighted by Crippen LogP contribution is -2.24. The Hall–Kier alpha value is -1.50. The molecule has 0 bridgehead atoms. The monoisotopic (exact) mass is 272 g/mol. The highest BCUT2D eigenvalue weighted by molar-refractivity contribution is 7.60. The average Bonchev–Trinajstić information content (AvgIpc) is 2.39. The summed E-state index contributed by atoms with van der Waals surface area (Å²) in [6.07, 6.45) is 2.84. The van der Waals surface area contributed by atoms with Crippen molar-refractivity contribution >= 4 is 24.7 Å². The lowest BCUT2D eigenvalue weighted by atomic mass is 9.86. The minimum Gasteiger partial charge on any atom is -0.626 e. The van der Waals surface area contributed by atoms with Gasteiger partial charge in [0.25, 0.3) is 0 Å². The Balaban J connectivity index is 2.58. The maximum atomic E-state index is 12.7. The Morgan fingerprint density at radius 2 is 1.84 bits per heavy atom. The van der Waals surface area contributed by atoms with Crippen LogP contribution in [0.5, 0.6) is 0 Å². The molecule has 0 spiro atoms. The third-order valence-electron chi connectivity index (χ3n) is 3.51. The maximum absolute atomic E-state index is 12.7. The van der Waals surface area contributed by atoms with Crippen LogP contribution in [0.4, 0.5) is 0 Å². The van der Waals surface area contributed by atoms with Gasteiger partial charge in [-0.05, 0) is 37.1 Å². The highest BCUT2D eigenvalue weighted by Crippen LogP contribution is 2.32. The molecule has 1 aromatic rings. The van der Waals surface area contributed by atoms with Gasteiger partial charge >= 0.3 is 0 Å². The van der Waals surface area contributed by atoms with Gasteiger partial charge in [-0.2, -0.15) is 0 Å². The maximum Gasteiger partial charge on any atom is 0.147 e. The van der Waals surface area contributed by atoms with Crippen LogP contribution >= 0.6 is 7.77 Å². The Labute approximate surface area is 114 Å². The minimum absolute atomic E-state index is 0.0775. The summed E-state index contributed by atoms with van der Waals surface area (Å²) < 4.78 is 0. The van der Waals surface area contributed by atoms with E-state index in [1.165, 1.54) is 0 Å². The van der Waals surface area contributed by atoms with E-state index in [1.807, 2.05) is 57.2 Å². The van der Waals surface area contributed by atoms with Gasteiger partial charge in [-0.1, -0.05) is 31.2 Å². The summed E-state index contributed by atoms with van der Waals surface area (Å²) in [5, 5.41) is 1.69. The topological polar surface area (TPSA) is 40.1 Å². The fourth-order valence-corrected chi connectivity index (χ4v) is 4.14. The fraction of sp³-hybridized carbons (Fsp3) is 0.250. The first kappa shape index (κ1) is 13.9. The molecular formula is C16H17O2P. The van der Waals surface area contributed by atoms with Crippen molar-refractivity contribution in [1.29, 1.82) is 0 Å². The van der Waals surface area contributed by atoms with Crippen molar-refractivity contribution in [2.75, 3.05) is 0 Å². The Morgan fingerprint density at radius 3 is 2.42 bits per heavy atom. The first-order valence-electron chi connectivity index (χ1n) is 6.30. The van der Waals surface area contributed by atoms with Crippen LogP contribution in [0.15, 0.2) is 53.1 Å². The molecule has 0 radical (unpaired) electrons. The second kappa shape index (κ2) is 5.64. The Bertz CT molecular complexity index is 594. The number of hydrogen-bond donors (Lipinski definition) is 0. The standard InChI is InChI=1S/C16H17O2P/c1-11-9-12(2)16(13(3)15(11)10-17)19(18)14-7-5-4-6-8-14/h4-10,13H,1-3H3. The van der Waals surface area contributed by atoms with Crippen LogP contribution in [0.3, 0.4) is 0 Å². The van der Waals surface area contributed by atoms with E-state index in [-0.39, 0.29) is 5.92 Å². The summed E-state index contributed by atoms with van der Waals surface area (Å²) in [5.41, 5.74) is 2.72. The highest BCUT2D eigenvalue weighted by Gasteiger charge is 2.28. The zero-order valence-corrected chi connectivity index (χ0v) is 12.3. The number of benzene rings is 1. The van der Waals surface area contributed by atoms with E-state index < -0.39 is 7.77 Å². The van der Waals surface area contributed by atoms with E-state index in [0.717, 1.165) is 33.6 Å². The summed E-state index contributed by atoms with van der Waals surface area (Å²) >= 11 is 0. The van der Waals surface area contributed by atoms with Crippen molar-refractivity contribution in [1.82, 2.24) is 0 Å². The molecule has 0 aromatic heterocycles. The molecule has 0 heterocycles. The molecule has 0 fully saturated rings. The number of hydrogen-bond acceptors (Lipinski definition) is 2. The van der Waals surface area contributed by atoms with Crippen LogP contribution in [0.2, 0.25) is 0 Å². The lowest BCUT2D eigenvalue weighted by molar-refractivity contribution is -0.149. The van der Waals surface area contributed by atoms with E-state index in [4.69, 9.17) is 0 Å². The van der Waals surface area contributed by atoms with Crippen LogP contribution in [0.1, 0.15) is 20.8 Å². The van der Waals surface area contributed by atoms with Crippen molar-refractivity contribution in [3.8, 4) is 0 Å². The van der Waals surface area contributed by atoms with Gasteiger partial charge in [-0.3, -0.25) is 4.79 Å². The van der Waals surface area contributed by atoms with Crippen LogP contribution in [-0.2, 0) is 4.79 Å². The molecule has 1 aromatic carbocycles. The molecule has 19 heavy (non-hydrogen) atoms. The third kappa shape index (κ3) is 2.60. The molecule has 0 amide bonds. The van der Waals surface area contributed by atoms with Gasteiger partial charge in [0, 0.05) is 11.5 Å². The van der Waals surface area contributed by atoms with Crippen LogP contribution in [0, 0.1) is 5.92 Å². The van der Waals surface area contributed by atoms with Crippen LogP contribution in [0.25, 0.3) is 0 Å². The Kier molecular flexibility index (Phi) is 4.14. The van der Waals surface area contributed by atoms with E-state index >= 15 is 0 Å². The Morgan fingerprint density at radius 1 is 1.21 bits per heavy atom. The molecule has 98 valence electrons.